The molecule has 2 saturated heterocycles. The molecule has 5 nitrogen and oxygen atoms in total. The Balaban J connectivity index is 1.67. The minimum absolute atomic E-state index is 0.251. The number of nitrogens with zero attached hydrogens (tertiary/aromatic N) is 2. The van der Waals surface area contributed by atoms with Crippen molar-refractivity contribution < 1.29 is 13.2 Å². The van der Waals surface area contributed by atoms with Gasteiger partial charge >= 0.3 is 0 Å². The topological polar surface area (TPSA) is 49.9 Å². The fourth-order valence-electron chi connectivity index (χ4n) is 4.06. The molecule has 0 aromatic heterocycles. The molecule has 6 heteroatoms. The molecule has 2 fully saturated rings. The van der Waals surface area contributed by atoms with Crippen LogP contribution in [0.3, 0.4) is 0 Å². The number of sulfonamides is 1. The highest BCUT2D eigenvalue weighted by atomic mass is 32.2. The number of likely N-dealkylation sites (N-methyl/N-ethyl adjacent to an activating group) is 1. The van der Waals surface area contributed by atoms with E-state index in [-0.39, 0.29) is 5.41 Å². The Labute approximate surface area is 139 Å². The third-order valence-corrected chi connectivity index (χ3v) is 7.31. The summed E-state index contributed by atoms with van der Waals surface area (Å²) >= 11 is 0. The third kappa shape index (κ3) is 3.31. The van der Waals surface area contributed by atoms with E-state index in [9.17, 15) is 8.42 Å². The molecule has 128 valence electrons. The number of hydrogen-bond donors (Lipinski definition) is 0. The van der Waals surface area contributed by atoms with Crippen LogP contribution in [0.5, 0.6) is 0 Å². The molecule has 0 bridgehead atoms. The highest BCUT2D eigenvalue weighted by molar-refractivity contribution is 7.89. The molecule has 23 heavy (non-hydrogen) atoms. The van der Waals surface area contributed by atoms with Crippen LogP contribution in [0.1, 0.15) is 19.3 Å². The molecular formula is C17H26N2O3S. The van der Waals surface area contributed by atoms with Crippen LogP contribution in [0.4, 0.5) is 0 Å². The van der Waals surface area contributed by atoms with Gasteiger partial charge in [0.1, 0.15) is 0 Å². The monoisotopic (exact) mass is 338 g/mol. The van der Waals surface area contributed by atoms with Gasteiger partial charge in [-0.1, -0.05) is 18.2 Å². The van der Waals surface area contributed by atoms with Gasteiger partial charge in [0, 0.05) is 32.8 Å². The lowest BCUT2D eigenvalue weighted by Gasteiger charge is -2.38. The molecule has 0 aliphatic carbocycles. The summed E-state index contributed by atoms with van der Waals surface area (Å²) < 4.78 is 32.4. The molecule has 1 aromatic carbocycles. The van der Waals surface area contributed by atoms with Crippen LogP contribution in [-0.2, 0) is 14.8 Å². The second kappa shape index (κ2) is 6.51. The number of piperidine rings is 1. The number of hydrogen-bond acceptors (Lipinski definition) is 4. The molecule has 0 radical (unpaired) electrons. The first-order valence-electron chi connectivity index (χ1n) is 8.21. The van der Waals surface area contributed by atoms with Gasteiger partial charge in [-0.05, 0) is 43.9 Å². The predicted molar refractivity (Wildman–Crippen MR) is 89.8 cm³/mol. The SMILES string of the molecule is COC[C@H]1CC2(CCN(S(=O)(=O)c3ccccc3)CC2)CN1C. The van der Waals surface area contributed by atoms with Gasteiger partial charge in [-0.2, -0.15) is 4.31 Å². The lowest BCUT2D eigenvalue weighted by Crippen LogP contribution is -2.44. The summed E-state index contributed by atoms with van der Waals surface area (Å²) in [6.45, 7) is 3.03. The van der Waals surface area contributed by atoms with Crippen LogP contribution >= 0.6 is 0 Å². The smallest absolute Gasteiger partial charge is 0.243 e. The van der Waals surface area contributed by atoms with Gasteiger partial charge in [0.25, 0.3) is 0 Å². The standard InChI is InChI=1S/C17H26N2O3S/c1-18-14-17(12-15(18)13-22-2)8-10-19(11-9-17)23(20,21)16-6-4-3-5-7-16/h3-7,15H,8-14H2,1-2H3/t15-/m1/s1. The summed E-state index contributed by atoms with van der Waals surface area (Å²) in [5, 5.41) is 0. The zero-order chi connectivity index (χ0) is 16.5. The minimum atomic E-state index is -3.35. The Morgan fingerprint density at radius 2 is 1.87 bits per heavy atom. The van der Waals surface area contributed by atoms with Gasteiger partial charge in [-0.15, -0.1) is 0 Å². The molecule has 1 atom stereocenters. The molecule has 1 spiro atoms. The average Bonchev–Trinajstić information content (AvgIpc) is 2.84. The van der Waals surface area contributed by atoms with Gasteiger partial charge in [0.15, 0.2) is 0 Å². The molecule has 0 N–H and O–H groups in total. The van der Waals surface area contributed by atoms with E-state index in [0.29, 0.717) is 24.0 Å². The largest absolute Gasteiger partial charge is 0.383 e. The van der Waals surface area contributed by atoms with Crippen LogP contribution in [-0.4, -0.2) is 64.1 Å². The van der Waals surface area contributed by atoms with Crippen molar-refractivity contribution in [1.29, 1.82) is 0 Å². The van der Waals surface area contributed by atoms with E-state index in [4.69, 9.17) is 4.74 Å². The number of ether oxygens (including phenoxy) is 1. The average molecular weight is 338 g/mol. The minimum Gasteiger partial charge on any atom is -0.383 e. The van der Waals surface area contributed by atoms with E-state index in [0.717, 1.165) is 32.4 Å². The van der Waals surface area contributed by atoms with Crippen LogP contribution < -0.4 is 0 Å². The summed E-state index contributed by atoms with van der Waals surface area (Å²) in [4.78, 5) is 2.77. The summed E-state index contributed by atoms with van der Waals surface area (Å²) in [6.07, 6.45) is 2.98. The van der Waals surface area contributed by atoms with Gasteiger partial charge in [0.05, 0.1) is 11.5 Å². The maximum atomic E-state index is 12.7. The zero-order valence-electron chi connectivity index (χ0n) is 13.9. The summed E-state index contributed by atoms with van der Waals surface area (Å²) in [6, 6.07) is 9.21. The van der Waals surface area contributed by atoms with Crippen LogP contribution in [0.15, 0.2) is 35.2 Å². The Bertz CT molecular complexity index is 624. The number of methoxy groups -OCH3 is 1. The fraction of sp³-hybridized carbons (Fsp3) is 0.647. The maximum Gasteiger partial charge on any atom is 0.243 e. The van der Waals surface area contributed by atoms with Crippen molar-refractivity contribution in [2.24, 2.45) is 5.41 Å². The van der Waals surface area contributed by atoms with Crippen LogP contribution in [0.2, 0.25) is 0 Å². The second-order valence-electron chi connectivity index (χ2n) is 6.95. The fourth-order valence-corrected chi connectivity index (χ4v) is 5.52. The molecule has 2 aliphatic heterocycles. The van der Waals surface area contributed by atoms with Crippen LogP contribution in [0.25, 0.3) is 0 Å². The van der Waals surface area contributed by atoms with E-state index in [1.807, 2.05) is 6.07 Å². The summed E-state index contributed by atoms with van der Waals surface area (Å²) in [5.41, 5.74) is 0.251. The lowest BCUT2D eigenvalue weighted by atomic mass is 9.77. The number of benzene rings is 1. The molecule has 3 rings (SSSR count). The summed E-state index contributed by atoms with van der Waals surface area (Å²) in [7, 11) is 0.538. The van der Waals surface area contributed by atoms with Crippen molar-refractivity contribution in [2.45, 2.75) is 30.2 Å². The van der Waals surface area contributed by atoms with Gasteiger partial charge in [-0.25, -0.2) is 8.42 Å². The van der Waals surface area contributed by atoms with E-state index >= 15 is 0 Å². The van der Waals surface area contributed by atoms with Crippen LogP contribution in [0, 0.1) is 5.41 Å². The molecule has 2 aliphatic rings. The highest BCUT2D eigenvalue weighted by Crippen LogP contribution is 2.43. The third-order valence-electron chi connectivity index (χ3n) is 5.40. The van der Waals surface area contributed by atoms with E-state index in [2.05, 4.69) is 11.9 Å². The van der Waals surface area contributed by atoms with Crippen molar-refractivity contribution in [3.8, 4) is 0 Å². The molecule has 1 aromatic rings. The first-order chi connectivity index (χ1) is 11.0. The first kappa shape index (κ1) is 16.9. The zero-order valence-corrected chi connectivity index (χ0v) is 14.8. The second-order valence-corrected chi connectivity index (χ2v) is 8.88. The molecule has 0 saturated carbocycles. The normalized spacial score (nSPS) is 25.9. The molecule has 2 heterocycles. The maximum absolute atomic E-state index is 12.7. The Hall–Kier alpha value is -0.950. The lowest BCUT2D eigenvalue weighted by molar-refractivity contribution is 0.129. The number of likely N-dealkylation sites (tertiary alicyclic amines) is 1. The van der Waals surface area contributed by atoms with Crippen molar-refractivity contribution in [3.05, 3.63) is 30.3 Å². The van der Waals surface area contributed by atoms with Gasteiger partial charge < -0.3 is 9.64 Å². The number of rotatable bonds is 4. The van der Waals surface area contributed by atoms with E-state index in [1.54, 1.807) is 35.7 Å². The van der Waals surface area contributed by atoms with E-state index < -0.39 is 10.0 Å². The predicted octanol–water partition coefficient (Wildman–Crippen LogP) is 1.81. The molecular weight excluding hydrogens is 312 g/mol. The molecule has 0 amide bonds. The van der Waals surface area contributed by atoms with Crippen molar-refractivity contribution in [3.63, 3.8) is 0 Å². The Morgan fingerprint density at radius 3 is 2.48 bits per heavy atom. The highest BCUT2D eigenvalue weighted by Gasteiger charge is 2.45. The van der Waals surface area contributed by atoms with Gasteiger partial charge in [-0.3, -0.25) is 0 Å². The quantitative estimate of drug-likeness (QED) is 0.840. The first-order valence-corrected chi connectivity index (χ1v) is 9.65. The Morgan fingerprint density at radius 1 is 1.22 bits per heavy atom. The van der Waals surface area contributed by atoms with Gasteiger partial charge in [0.2, 0.25) is 10.0 Å². The van der Waals surface area contributed by atoms with Crippen molar-refractivity contribution in [2.75, 3.05) is 40.4 Å². The van der Waals surface area contributed by atoms with E-state index in [1.165, 1.54) is 0 Å². The van der Waals surface area contributed by atoms with Crippen molar-refractivity contribution >= 4 is 10.0 Å². The summed E-state index contributed by atoms with van der Waals surface area (Å²) in [5.74, 6) is 0. The van der Waals surface area contributed by atoms with Crippen molar-refractivity contribution in [1.82, 2.24) is 9.21 Å². The molecule has 0 unspecified atom stereocenters. The Kier molecular flexibility index (Phi) is 4.78.